The third-order valence-electron chi connectivity index (χ3n) is 4.12. The second-order valence-electron chi connectivity index (χ2n) is 6.46. The van der Waals surface area contributed by atoms with Crippen molar-refractivity contribution in [1.29, 1.82) is 0 Å². The highest BCUT2D eigenvalue weighted by molar-refractivity contribution is 5.71. The maximum atomic E-state index is 12.2. The molecule has 0 saturated carbocycles. The number of esters is 1. The molecule has 6 heteroatoms. The molecule has 0 aliphatic rings. The van der Waals surface area contributed by atoms with Crippen LogP contribution in [0.2, 0.25) is 0 Å². The third-order valence-corrected chi connectivity index (χ3v) is 4.12. The summed E-state index contributed by atoms with van der Waals surface area (Å²) >= 11 is 0. The molecule has 0 atom stereocenters. The Kier molecular flexibility index (Phi) is 9.75. The van der Waals surface area contributed by atoms with Gasteiger partial charge in [-0.2, -0.15) is 0 Å². The van der Waals surface area contributed by atoms with Crippen molar-refractivity contribution in [2.45, 2.75) is 26.1 Å². The fourth-order valence-electron chi connectivity index (χ4n) is 2.65. The molecule has 2 aromatic carbocycles. The summed E-state index contributed by atoms with van der Waals surface area (Å²) in [4.78, 5) is 24.8. The van der Waals surface area contributed by atoms with Gasteiger partial charge < -0.3 is 14.6 Å². The minimum atomic E-state index is -0.841. The molecule has 0 radical (unpaired) electrons. The number of aliphatic carboxylic acids is 1. The second-order valence-corrected chi connectivity index (χ2v) is 6.46. The Bertz CT molecular complexity index is 705. The topological polar surface area (TPSA) is 76.1 Å². The predicted molar refractivity (Wildman–Crippen MR) is 106 cm³/mol. The molecule has 6 nitrogen and oxygen atoms in total. The van der Waals surface area contributed by atoms with E-state index in [9.17, 15) is 9.59 Å². The van der Waals surface area contributed by atoms with Gasteiger partial charge in [-0.15, -0.1) is 0 Å². The van der Waals surface area contributed by atoms with E-state index in [0.717, 1.165) is 11.1 Å². The van der Waals surface area contributed by atoms with E-state index in [1.165, 1.54) is 0 Å². The lowest BCUT2D eigenvalue weighted by Gasteiger charge is -2.21. The van der Waals surface area contributed by atoms with Crippen LogP contribution in [0.5, 0.6) is 0 Å². The Hall–Kier alpha value is -2.70. The van der Waals surface area contributed by atoms with Gasteiger partial charge in [0.05, 0.1) is 19.8 Å². The van der Waals surface area contributed by atoms with E-state index in [0.29, 0.717) is 32.7 Å². The van der Waals surface area contributed by atoms with E-state index in [-0.39, 0.29) is 25.5 Å². The van der Waals surface area contributed by atoms with Gasteiger partial charge in [-0.3, -0.25) is 14.5 Å². The van der Waals surface area contributed by atoms with Crippen LogP contribution >= 0.6 is 0 Å². The first-order valence-electron chi connectivity index (χ1n) is 9.39. The van der Waals surface area contributed by atoms with Crippen molar-refractivity contribution in [3.8, 4) is 0 Å². The molecule has 0 aromatic heterocycles. The number of benzene rings is 2. The summed E-state index contributed by atoms with van der Waals surface area (Å²) in [6, 6.07) is 19.3. The lowest BCUT2D eigenvalue weighted by molar-refractivity contribution is -0.146. The minimum absolute atomic E-state index is 0.0699. The molecule has 0 bridgehead atoms. The Balaban J connectivity index is 1.74. The van der Waals surface area contributed by atoms with Crippen LogP contribution in [0.15, 0.2) is 60.7 Å². The van der Waals surface area contributed by atoms with Gasteiger partial charge in [0.1, 0.15) is 6.61 Å². The standard InChI is InChI=1S/C22H27NO5/c24-21(25)12-7-13-23(14-15-27-17-19-8-3-1-4-9-19)16-22(26)28-18-20-10-5-2-6-11-20/h1-6,8-11H,7,12-18H2,(H,24,25). The number of rotatable bonds is 13. The largest absolute Gasteiger partial charge is 0.481 e. The molecule has 0 saturated heterocycles. The van der Waals surface area contributed by atoms with Gasteiger partial charge in [0, 0.05) is 13.0 Å². The molecule has 0 fully saturated rings. The molecule has 0 unspecified atom stereocenters. The highest BCUT2D eigenvalue weighted by Gasteiger charge is 2.13. The molecule has 0 amide bonds. The van der Waals surface area contributed by atoms with Gasteiger partial charge in [-0.1, -0.05) is 60.7 Å². The van der Waals surface area contributed by atoms with E-state index in [4.69, 9.17) is 14.6 Å². The Morgan fingerprint density at radius 2 is 1.46 bits per heavy atom. The van der Waals surface area contributed by atoms with Crippen LogP contribution in [0.3, 0.4) is 0 Å². The van der Waals surface area contributed by atoms with Crippen molar-refractivity contribution in [3.05, 3.63) is 71.8 Å². The maximum absolute atomic E-state index is 12.2. The van der Waals surface area contributed by atoms with Gasteiger partial charge in [0.2, 0.25) is 0 Å². The molecule has 0 spiro atoms. The van der Waals surface area contributed by atoms with E-state index in [1.807, 2.05) is 65.6 Å². The van der Waals surface area contributed by atoms with Crippen LogP contribution in [-0.4, -0.2) is 48.2 Å². The van der Waals surface area contributed by atoms with Crippen LogP contribution < -0.4 is 0 Å². The number of carbonyl (C=O) groups is 2. The zero-order chi connectivity index (χ0) is 20.0. The number of hydrogen-bond acceptors (Lipinski definition) is 5. The first-order valence-corrected chi connectivity index (χ1v) is 9.39. The monoisotopic (exact) mass is 385 g/mol. The average molecular weight is 385 g/mol. The maximum Gasteiger partial charge on any atom is 0.320 e. The molecule has 150 valence electrons. The molecule has 0 aliphatic heterocycles. The molecular weight excluding hydrogens is 358 g/mol. The summed E-state index contributed by atoms with van der Waals surface area (Å²) in [6.45, 7) is 2.33. The molecular formula is C22H27NO5. The van der Waals surface area contributed by atoms with Crippen LogP contribution in [0.1, 0.15) is 24.0 Å². The minimum Gasteiger partial charge on any atom is -0.481 e. The van der Waals surface area contributed by atoms with Crippen LogP contribution in [0.4, 0.5) is 0 Å². The fourth-order valence-corrected chi connectivity index (χ4v) is 2.65. The average Bonchev–Trinajstić information content (AvgIpc) is 2.71. The summed E-state index contributed by atoms with van der Waals surface area (Å²) in [7, 11) is 0. The van der Waals surface area contributed by atoms with Gasteiger partial charge in [-0.25, -0.2) is 0 Å². The molecule has 0 aliphatic carbocycles. The smallest absolute Gasteiger partial charge is 0.320 e. The predicted octanol–water partition coefficient (Wildman–Crippen LogP) is 3.11. The summed E-state index contributed by atoms with van der Waals surface area (Å²) in [5.74, 6) is -1.17. The van der Waals surface area contributed by atoms with Crippen molar-refractivity contribution >= 4 is 11.9 Å². The Morgan fingerprint density at radius 1 is 0.857 bits per heavy atom. The van der Waals surface area contributed by atoms with E-state index >= 15 is 0 Å². The van der Waals surface area contributed by atoms with Crippen LogP contribution in [-0.2, 0) is 32.3 Å². The van der Waals surface area contributed by atoms with Crippen molar-refractivity contribution < 1.29 is 24.2 Å². The number of ether oxygens (including phenoxy) is 2. The Morgan fingerprint density at radius 3 is 2.07 bits per heavy atom. The number of carboxylic acids is 1. The molecule has 1 N–H and O–H groups in total. The highest BCUT2D eigenvalue weighted by Crippen LogP contribution is 2.04. The number of carboxylic acid groups (broad SMARTS) is 1. The van der Waals surface area contributed by atoms with Crippen LogP contribution in [0.25, 0.3) is 0 Å². The summed E-state index contributed by atoms with van der Waals surface area (Å²) in [6.07, 6.45) is 0.542. The molecule has 2 rings (SSSR count). The second kappa shape index (κ2) is 12.6. The van der Waals surface area contributed by atoms with E-state index < -0.39 is 5.97 Å². The first-order chi connectivity index (χ1) is 13.6. The van der Waals surface area contributed by atoms with E-state index in [2.05, 4.69) is 0 Å². The molecule has 28 heavy (non-hydrogen) atoms. The zero-order valence-electron chi connectivity index (χ0n) is 16.0. The van der Waals surface area contributed by atoms with Crippen LogP contribution in [0, 0.1) is 0 Å². The van der Waals surface area contributed by atoms with Gasteiger partial charge in [0.25, 0.3) is 0 Å². The summed E-state index contributed by atoms with van der Waals surface area (Å²) in [5.41, 5.74) is 2.02. The highest BCUT2D eigenvalue weighted by atomic mass is 16.5. The number of hydrogen-bond donors (Lipinski definition) is 1. The van der Waals surface area contributed by atoms with Crippen molar-refractivity contribution in [2.24, 2.45) is 0 Å². The number of carbonyl (C=O) groups excluding carboxylic acids is 1. The SMILES string of the molecule is O=C(O)CCCN(CCOCc1ccccc1)CC(=O)OCc1ccccc1. The van der Waals surface area contributed by atoms with Gasteiger partial charge >= 0.3 is 11.9 Å². The third kappa shape index (κ3) is 9.30. The fraction of sp³-hybridized carbons (Fsp3) is 0.364. The van der Waals surface area contributed by atoms with Crippen molar-refractivity contribution in [2.75, 3.05) is 26.2 Å². The Labute approximate surface area is 165 Å². The zero-order valence-corrected chi connectivity index (χ0v) is 16.0. The van der Waals surface area contributed by atoms with Gasteiger partial charge in [0.15, 0.2) is 0 Å². The molecule has 0 heterocycles. The van der Waals surface area contributed by atoms with Crippen molar-refractivity contribution in [1.82, 2.24) is 4.90 Å². The summed E-state index contributed by atoms with van der Waals surface area (Å²) in [5, 5.41) is 8.82. The lowest BCUT2D eigenvalue weighted by Crippen LogP contribution is -2.34. The first kappa shape index (κ1) is 21.6. The quantitative estimate of drug-likeness (QED) is 0.422. The van der Waals surface area contributed by atoms with Crippen molar-refractivity contribution in [3.63, 3.8) is 0 Å². The normalized spacial score (nSPS) is 10.8. The van der Waals surface area contributed by atoms with Gasteiger partial charge in [-0.05, 0) is 24.1 Å². The van der Waals surface area contributed by atoms with E-state index in [1.54, 1.807) is 0 Å². The lowest BCUT2D eigenvalue weighted by atomic mass is 10.2. The molecule has 2 aromatic rings. The summed E-state index contributed by atoms with van der Waals surface area (Å²) < 4.78 is 11.0. The number of nitrogens with zero attached hydrogens (tertiary/aromatic N) is 1.